The molecule has 1 aromatic heterocycles. The lowest BCUT2D eigenvalue weighted by Gasteiger charge is -2.13. The number of hydrogen-bond acceptors (Lipinski definition) is 5. The summed E-state index contributed by atoms with van der Waals surface area (Å²) in [6, 6.07) is 7.96. The second kappa shape index (κ2) is 5.31. The van der Waals surface area contributed by atoms with Crippen LogP contribution in [0.15, 0.2) is 35.5 Å². The third-order valence-corrected chi connectivity index (χ3v) is 5.21. The number of nitrogens with zero attached hydrogens (tertiary/aromatic N) is 3. The molecular formula is C13H12F3N3O3S. The van der Waals surface area contributed by atoms with Crippen LogP contribution in [0.1, 0.15) is 30.0 Å². The van der Waals surface area contributed by atoms with Crippen LogP contribution in [0, 0.1) is 0 Å². The maximum Gasteiger partial charge on any atom is 0.375 e. The highest BCUT2D eigenvalue weighted by Crippen LogP contribution is 2.40. The van der Waals surface area contributed by atoms with E-state index in [0.717, 1.165) is 4.68 Å². The molecule has 0 spiro atoms. The van der Waals surface area contributed by atoms with Crippen LogP contribution in [0.5, 0.6) is 0 Å². The summed E-state index contributed by atoms with van der Waals surface area (Å²) >= 11 is 0. The maximum absolute atomic E-state index is 14.1. The van der Waals surface area contributed by atoms with Gasteiger partial charge in [-0.05, 0) is 5.56 Å². The number of aromatic nitrogens is 3. The Morgan fingerprint density at radius 1 is 1.30 bits per heavy atom. The maximum atomic E-state index is 14.1. The van der Waals surface area contributed by atoms with Gasteiger partial charge in [-0.1, -0.05) is 30.3 Å². The number of alkyl halides is 3. The number of aliphatic hydroxyl groups excluding tert-OH is 1. The lowest BCUT2D eigenvalue weighted by atomic mass is 10.0. The normalized spacial score (nSPS) is 21.4. The van der Waals surface area contributed by atoms with Crippen molar-refractivity contribution in [2.24, 2.45) is 0 Å². The zero-order chi connectivity index (χ0) is 16.8. The molecule has 0 amide bonds. The molecule has 1 aliphatic rings. The highest BCUT2D eigenvalue weighted by molar-refractivity contribution is 7.92. The summed E-state index contributed by atoms with van der Waals surface area (Å²) in [7, 11) is -5.29. The summed E-state index contributed by atoms with van der Waals surface area (Å²) in [6.45, 7) is -1.90. The number of rotatable bonds is 4. The third-order valence-electron chi connectivity index (χ3n) is 3.65. The fraction of sp³-hybridized carbons (Fsp3) is 0.385. The molecule has 6 nitrogen and oxygen atoms in total. The SMILES string of the molecule is O=S(=O)(c1nc2n(n1)[C@H](c1ccccc1)C[C@@H]2F)C(F)(F)CO. The Morgan fingerprint density at radius 2 is 1.96 bits per heavy atom. The first-order chi connectivity index (χ1) is 10.8. The molecule has 0 fully saturated rings. The van der Waals surface area contributed by atoms with E-state index in [1.54, 1.807) is 30.3 Å². The molecule has 2 atom stereocenters. The first-order valence-corrected chi connectivity index (χ1v) is 8.15. The average molecular weight is 347 g/mol. The van der Waals surface area contributed by atoms with E-state index in [1.165, 1.54) is 0 Å². The zero-order valence-corrected chi connectivity index (χ0v) is 12.4. The first kappa shape index (κ1) is 15.9. The molecule has 0 saturated carbocycles. The van der Waals surface area contributed by atoms with Crippen molar-refractivity contribution in [2.75, 3.05) is 6.61 Å². The molecular weight excluding hydrogens is 335 g/mol. The van der Waals surface area contributed by atoms with Crippen LogP contribution >= 0.6 is 0 Å². The number of aliphatic hydroxyl groups is 1. The summed E-state index contributed by atoms with van der Waals surface area (Å²) in [5.74, 6) is -0.314. The highest BCUT2D eigenvalue weighted by atomic mass is 32.2. The number of sulfone groups is 1. The van der Waals surface area contributed by atoms with Gasteiger partial charge < -0.3 is 5.11 Å². The molecule has 124 valence electrons. The zero-order valence-electron chi connectivity index (χ0n) is 11.6. The average Bonchev–Trinajstić information content (AvgIpc) is 3.09. The van der Waals surface area contributed by atoms with Gasteiger partial charge >= 0.3 is 5.25 Å². The van der Waals surface area contributed by atoms with Crippen molar-refractivity contribution >= 4 is 9.84 Å². The Kier molecular flexibility index (Phi) is 3.68. The smallest absolute Gasteiger partial charge is 0.375 e. The second-order valence-corrected chi connectivity index (χ2v) is 7.10. The monoisotopic (exact) mass is 347 g/mol. The Balaban J connectivity index is 2.07. The molecule has 1 aromatic carbocycles. The molecule has 23 heavy (non-hydrogen) atoms. The number of fused-ring (bicyclic) bond motifs is 1. The number of halogens is 3. The molecule has 0 unspecified atom stereocenters. The van der Waals surface area contributed by atoms with E-state index in [1.807, 2.05) is 0 Å². The van der Waals surface area contributed by atoms with Gasteiger partial charge in [-0.15, -0.1) is 5.10 Å². The predicted molar refractivity (Wildman–Crippen MR) is 72.3 cm³/mol. The van der Waals surface area contributed by atoms with E-state index in [9.17, 15) is 21.6 Å². The van der Waals surface area contributed by atoms with Gasteiger partial charge in [0.15, 0.2) is 12.0 Å². The van der Waals surface area contributed by atoms with Crippen molar-refractivity contribution in [3.05, 3.63) is 41.7 Å². The summed E-state index contributed by atoms with van der Waals surface area (Å²) < 4.78 is 65.4. The Hall–Kier alpha value is -1.94. The Labute approximate surface area is 129 Å². The summed E-state index contributed by atoms with van der Waals surface area (Å²) in [5, 5.41) is 6.51. The van der Waals surface area contributed by atoms with Gasteiger partial charge in [0.25, 0.3) is 15.0 Å². The van der Waals surface area contributed by atoms with E-state index in [4.69, 9.17) is 5.11 Å². The quantitative estimate of drug-likeness (QED) is 0.909. The molecule has 10 heteroatoms. The summed E-state index contributed by atoms with van der Waals surface area (Å²) in [5.41, 5.74) is 0.664. The minimum atomic E-state index is -5.29. The summed E-state index contributed by atoms with van der Waals surface area (Å²) in [4.78, 5) is 3.43. The fourth-order valence-corrected chi connectivity index (χ4v) is 3.29. The van der Waals surface area contributed by atoms with Crippen molar-refractivity contribution in [3.63, 3.8) is 0 Å². The molecule has 0 saturated heterocycles. The van der Waals surface area contributed by atoms with E-state index in [0.29, 0.717) is 5.56 Å². The standard InChI is InChI=1S/C13H12F3N3O3S/c14-9-6-10(8-4-2-1-3-5-8)19-11(9)17-12(18-19)23(21,22)13(15,16)7-20/h1-5,9-10,20H,6-7H2/t9-,10-/m0/s1. The van der Waals surface area contributed by atoms with E-state index in [-0.39, 0.29) is 12.2 Å². The minimum Gasteiger partial charge on any atom is -0.389 e. The second-order valence-electron chi connectivity index (χ2n) is 5.13. The molecule has 3 rings (SSSR count). The largest absolute Gasteiger partial charge is 0.389 e. The van der Waals surface area contributed by atoms with Gasteiger partial charge in [0.2, 0.25) is 0 Å². The Bertz CT molecular complexity index is 823. The van der Waals surface area contributed by atoms with Crippen LogP contribution in [0.3, 0.4) is 0 Å². The lowest BCUT2D eigenvalue weighted by Crippen LogP contribution is -2.33. The topological polar surface area (TPSA) is 85.1 Å². The van der Waals surface area contributed by atoms with Crippen molar-refractivity contribution in [3.8, 4) is 0 Å². The van der Waals surface area contributed by atoms with Gasteiger partial charge in [-0.25, -0.2) is 17.5 Å². The number of hydrogen-bond donors (Lipinski definition) is 1. The van der Waals surface area contributed by atoms with Crippen molar-refractivity contribution < 1.29 is 26.7 Å². The van der Waals surface area contributed by atoms with Crippen LogP contribution in [0.2, 0.25) is 0 Å². The molecule has 0 aliphatic carbocycles. The van der Waals surface area contributed by atoms with E-state index in [2.05, 4.69) is 10.1 Å². The fourth-order valence-electron chi connectivity index (χ4n) is 2.44. The first-order valence-electron chi connectivity index (χ1n) is 6.66. The molecule has 1 aliphatic heterocycles. The van der Waals surface area contributed by atoms with Gasteiger partial charge in [-0.2, -0.15) is 13.8 Å². The highest BCUT2D eigenvalue weighted by Gasteiger charge is 2.50. The van der Waals surface area contributed by atoms with Crippen LogP contribution in [-0.4, -0.2) is 40.2 Å². The van der Waals surface area contributed by atoms with Crippen LogP contribution in [-0.2, 0) is 9.84 Å². The third kappa shape index (κ3) is 2.41. The molecule has 0 radical (unpaired) electrons. The van der Waals surface area contributed by atoms with Crippen molar-refractivity contribution in [1.82, 2.24) is 14.8 Å². The van der Waals surface area contributed by atoms with Crippen molar-refractivity contribution in [1.29, 1.82) is 0 Å². The minimum absolute atomic E-state index is 0.00390. The molecule has 0 bridgehead atoms. The number of benzene rings is 1. The lowest BCUT2D eigenvalue weighted by molar-refractivity contribution is 0.0257. The van der Waals surface area contributed by atoms with Gasteiger partial charge in [0.1, 0.15) is 6.61 Å². The summed E-state index contributed by atoms with van der Waals surface area (Å²) in [6.07, 6.45) is -1.62. The Morgan fingerprint density at radius 3 is 2.57 bits per heavy atom. The van der Waals surface area contributed by atoms with E-state index < -0.39 is 39.1 Å². The van der Waals surface area contributed by atoms with Crippen LogP contribution in [0.25, 0.3) is 0 Å². The van der Waals surface area contributed by atoms with E-state index >= 15 is 0 Å². The van der Waals surface area contributed by atoms with Gasteiger partial charge in [0, 0.05) is 6.42 Å². The van der Waals surface area contributed by atoms with Crippen LogP contribution in [0.4, 0.5) is 13.2 Å². The van der Waals surface area contributed by atoms with Gasteiger partial charge in [-0.3, -0.25) is 0 Å². The molecule has 2 aromatic rings. The molecule has 1 N–H and O–H groups in total. The van der Waals surface area contributed by atoms with Crippen molar-refractivity contribution in [2.45, 2.75) is 29.0 Å². The van der Waals surface area contributed by atoms with Crippen LogP contribution < -0.4 is 0 Å². The molecule has 2 heterocycles. The predicted octanol–water partition coefficient (Wildman–Crippen LogP) is 1.64. The van der Waals surface area contributed by atoms with Gasteiger partial charge in [0.05, 0.1) is 6.04 Å².